The van der Waals surface area contributed by atoms with E-state index in [0.29, 0.717) is 17.9 Å². The molecule has 6 heteroatoms. The molecular formula is C22H24N4OS. The number of aromatic nitrogens is 1. The van der Waals surface area contributed by atoms with Crippen LogP contribution >= 0.6 is 11.3 Å². The average Bonchev–Trinajstić information content (AvgIpc) is 3.23. The minimum atomic E-state index is -0.315. The Kier molecular flexibility index (Phi) is 5.54. The molecule has 5 nitrogen and oxygen atoms in total. The van der Waals surface area contributed by atoms with E-state index >= 15 is 0 Å². The number of carbonyl (C=O) groups excluding carboxylic acids is 1. The number of hydrogen-bond acceptors (Lipinski definition) is 4. The fraction of sp³-hybridized carbons (Fsp3) is 0.455. The van der Waals surface area contributed by atoms with E-state index in [2.05, 4.69) is 21.8 Å². The van der Waals surface area contributed by atoms with Gasteiger partial charge in [0.25, 0.3) is 0 Å². The molecule has 28 heavy (non-hydrogen) atoms. The van der Waals surface area contributed by atoms with E-state index in [4.69, 9.17) is 4.98 Å². The van der Waals surface area contributed by atoms with Crippen LogP contribution in [0.15, 0.2) is 34.6 Å². The predicted molar refractivity (Wildman–Crippen MR) is 111 cm³/mol. The van der Waals surface area contributed by atoms with Crippen molar-refractivity contribution in [3.8, 4) is 6.07 Å². The lowest BCUT2D eigenvalue weighted by molar-refractivity contribution is 0.242. The Morgan fingerprint density at radius 1 is 1.29 bits per heavy atom. The fourth-order valence-corrected chi connectivity index (χ4v) is 5.40. The molecule has 1 aliphatic heterocycles. The van der Waals surface area contributed by atoms with Gasteiger partial charge in [-0.2, -0.15) is 5.26 Å². The second kappa shape index (κ2) is 8.24. The van der Waals surface area contributed by atoms with E-state index in [-0.39, 0.29) is 18.0 Å². The Balaban J connectivity index is 1.72. The van der Waals surface area contributed by atoms with E-state index in [1.165, 1.54) is 37.8 Å². The molecule has 0 bridgehead atoms. The molecular weight excluding hydrogens is 368 g/mol. The highest BCUT2D eigenvalue weighted by molar-refractivity contribution is 7.09. The maximum Gasteiger partial charge on any atom is 0.341 e. The predicted octanol–water partition coefficient (Wildman–Crippen LogP) is 5.46. The molecule has 2 unspecified atom stereocenters. The summed E-state index contributed by atoms with van der Waals surface area (Å²) in [7, 11) is 0. The van der Waals surface area contributed by atoms with Gasteiger partial charge in [0, 0.05) is 17.0 Å². The van der Waals surface area contributed by atoms with Crippen LogP contribution in [0.4, 0.5) is 4.79 Å². The molecule has 2 amide bonds. The molecule has 1 N–H and O–H groups in total. The first-order chi connectivity index (χ1) is 13.7. The monoisotopic (exact) mass is 392 g/mol. The highest BCUT2D eigenvalue weighted by Crippen LogP contribution is 2.40. The van der Waals surface area contributed by atoms with Crippen LogP contribution in [0.3, 0.4) is 0 Å². The van der Waals surface area contributed by atoms with Gasteiger partial charge in [-0.05, 0) is 37.0 Å². The third kappa shape index (κ3) is 3.72. The zero-order valence-corrected chi connectivity index (χ0v) is 16.8. The van der Waals surface area contributed by atoms with Crippen LogP contribution in [0.5, 0.6) is 0 Å². The van der Waals surface area contributed by atoms with Crippen LogP contribution in [0.1, 0.15) is 85.2 Å². The molecule has 144 valence electrons. The van der Waals surface area contributed by atoms with Crippen LogP contribution < -0.4 is 5.32 Å². The molecule has 0 spiro atoms. The summed E-state index contributed by atoms with van der Waals surface area (Å²) < 4.78 is 0. The van der Waals surface area contributed by atoms with E-state index in [9.17, 15) is 10.1 Å². The van der Waals surface area contributed by atoms with Gasteiger partial charge >= 0.3 is 6.03 Å². The van der Waals surface area contributed by atoms with Crippen molar-refractivity contribution in [3.63, 3.8) is 0 Å². The first-order valence-corrected chi connectivity index (χ1v) is 10.9. The number of rotatable bonds is 4. The zero-order valence-electron chi connectivity index (χ0n) is 16.0. The van der Waals surface area contributed by atoms with Gasteiger partial charge < -0.3 is 5.32 Å². The average molecular weight is 393 g/mol. The number of aliphatic imine (C=N–C) groups is 1. The van der Waals surface area contributed by atoms with Crippen molar-refractivity contribution >= 4 is 23.1 Å². The van der Waals surface area contributed by atoms with Gasteiger partial charge in [0.1, 0.15) is 5.01 Å². The summed E-state index contributed by atoms with van der Waals surface area (Å²) in [6, 6.07) is 9.09. The van der Waals surface area contributed by atoms with Crippen molar-refractivity contribution in [3.05, 3.63) is 51.5 Å². The number of hydrogen-bond donors (Lipinski definition) is 1. The summed E-state index contributed by atoms with van der Waals surface area (Å²) in [5, 5.41) is 15.5. The number of nitrogens with zero attached hydrogens (tertiary/aromatic N) is 3. The Hall–Kier alpha value is -2.52. The van der Waals surface area contributed by atoms with Gasteiger partial charge in [-0.1, -0.05) is 38.3 Å². The van der Waals surface area contributed by atoms with Gasteiger partial charge in [0.05, 0.1) is 29.3 Å². The first-order valence-electron chi connectivity index (χ1n) is 10.0. The maximum absolute atomic E-state index is 12.2. The molecule has 1 aromatic heterocycles. The summed E-state index contributed by atoms with van der Waals surface area (Å²) in [5.74, 6) is 0.471. The minimum absolute atomic E-state index is 0.0843. The Labute approximate surface area is 169 Å². The molecule has 2 aromatic rings. The molecule has 1 aliphatic carbocycles. The van der Waals surface area contributed by atoms with Crippen molar-refractivity contribution in [1.29, 1.82) is 5.26 Å². The third-order valence-electron chi connectivity index (χ3n) is 5.78. The highest BCUT2D eigenvalue weighted by Gasteiger charge is 2.36. The van der Waals surface area contributed by atoms with Crippen molar-refractivity contribution < 1.29 is 4.79 Å². The fourth-order valence-electron chi connectivity index (χ4n) is 4.33. The van der Waals surface area contributed by atoms with Gasteiger partial charge in [0.15, 0.2) is 0 Å². The number of thiazole rings is 1. The summed E-state index contributed by atoms with van der Waals surface area (Å²) in [5.41, 5.74) is 3.57. The second-order valence-electron chi connectivity index (χ2n) is 7.54. The van der Waals surface area contributed by atoms with Crippen LogP contribution in [0.2, 0.25) is 0 Å². The summed E-state index contributed by atoms with van der Waals surface area (Å²) in [6.07, 6.45) is 7.02. The minimum Gasteiger partial charge on any atom is -0.328 e. The van der Waals surface area contributed by atoms with Gasteiger partial charge in [-0.3, -0.25) is 0 Å². The Morgan fingerprint density at radius 2 is 2.11 bits per heavy atom. The smallest absolute Gasteiger partial charge is 0.328 e. The van der Waals surface area contributed by atoms with Gasteiger partial charge in [-0.25, -0.2) is 14.8 Å². The van der Waals surface area contributed by atoms with Crippen LogP contribution in [0.25, 0.3) is 0 Å². The summed E-state index contributed by atoms with van der Waals surface area (Å²) in [4.78, 5) is 21.5. The zero-order chi connectivity index (χ0) is 19.5. The number of carbonyl (C=O) groups is 1. The van der Waals surface area contributed by atoms with Crippen molar-refractivity contribution in [1.82, 2.24) is 10.3 Å². The van der Waals surface area contributed by atoms with Crippen LogP contribution in [0, 0.1) is 11.3 Å². The number of amides is 2. The van der Waals surface area contributed by atoms with Crippen LogP contribution in [-0.4, -0.2) is 16.7 Å². The molecule has 4 rings (SSSR count). The molecule has 0 radical (unpaired) electrons. The van der Waals surface area contributed by atoms with Crippen molar-refractivity contribution in [2.24, 2.45) is 4.99 Å². The van der Waals surface area contributed by atoms with Crippen LogP contribution in [-0.2, 0) is 0 Å². The molecule has 0 saturated heterocycles. The molecule has 2 aliphatic rings. The van der Waals surface area contributed by atoms with E-state index in [1.54, 1.807) is 17.4 Å². The molecule has 1 saturated carbocycles. The Morgan fingerprint density at radius 3 is 2.86 bits per heavy atom. The SMILES string of the molecule is CCC1=NC(=O)NC(c2cccc(C#N)c2)C1c1nc(C2CCCCC2)cs1. The van der Waals surface area contributed by atoms with Crippen molar-refractivity contribution in [2.45, 2.75) is 63.3 Å². The van der Waals surface area contributed by atoms with E-state index in [0.717, 1.165) is 16.3 Å². The summed E-state index contributed by atoms with van der Waals surface area (Å²) in [6.45, 7) is 2.03. The van der Waals surface area contributed by atoms with Crippen molar-refractivity contribution in [2.75, 3.05) is 0 Å². The second-order valence-corrected chi connectivity index (χ2v) is 8.43. The normalized spacial score (nSPS) is 23.0. The molecule has 2 heterocycles. The lowest BCUT2D eigenvalue weighted by Crippen LogP contribution is -2.39. The number of benzene rings is 1. The lowest BCUT2D eigenvalue weighted by atomic mass is 9.86. The van der Waals surface area contributed by atoms with Gasteiger partial charge in [-0.15, -0.1) is 11.3 Å². The molecule has 1 aromatic carbocycles. The molecule has 2 atom stereocenters. The highest BCUT2D eigenvalue weighted by atomic mass is 32.1. The number of urea groups is 1. The quantitative estimate of drug-likeness (QED) is 0.750. The van der Waals surface area contributed by atoms with Gasteiger partial charge in [0.2, 0.25) is 0 Å². The topological polar surface area (TPSA) is 78.1 Å². The lowest BCUT2D eigenvalue weighted by Gasteiger charge is -2.31. The first kappa shape index (κ1) is 18.8. The summed E-state index contributed by atoms with van der Waals surface area (Å²) >= 11 is 1.67. The third-order valence-corrected chi connectivity index (χ3v) is 6.73. The number of nitriles is 1. The Bertz CT molecular complexity index is 936. The van der Waals surface area contributed by atoms with E-state index in [1.807, 2.05) is 25.1 Å². The maximum atomic E-state index is 12.2. The standard InChI is InChI=1S/C22H24N4OS/c1-2-17-19(21-24-18(13-28-21)15-8-4-3-5-9-15)20(26-22(27)25-17)16-10-6-7-14(11-16)12-23/h6-7,10-11,13,15,19-20H,2-5,8-9H2,1H3,(H,26,27). The van der Waals surface area contributed by atoms with E-state index < -0.39 is 0 Å². The number of nitrogens with one attached hydrogen (secondary N) is 1. The molecule has 1 fully saturated rings. The largest absolute Gasteiger partial charge is 0.341 e.